The van der Waals surface area contributed by atoms with E-state index in [0.717, 1.165) is 0 Å². The van der Waals surface area contributed by atoms with Crippen molar-refractivity contribution in [3.05, 3.63) is 0 Å². The lowest BCUT2D eigenvalue weighted by Gasteiger charge is -2.40. The Labute approximate surface area is 169 Å². The smallest absolute Gasteiger partial charge is 0.323 e. The minimum absolute atomic E-state index is 1.88. The average Bonchev–Trinajstić information content (AvgIpc) is 2.52. The number of alkyl halides is 15. The summed E-state index contributed by atoms with van der Waals surface area (Å²) in [7, 11) is -3.92. The summed E-state index contributed by atoms with van der Waals surface area (Å²) in [5.41, 5.74) is 0. The molecule has 0 aromatic heterocycles. The molecule has 0 saturated heterocycles. The van der Waals surface area contributed by atoms with E-state index in [-0.39, 0.29) is 0 Å². The minimum Gasteiger partial charge on any atom is -0.323 e. The summed E-state index contributed by atoms with van der Waals surface area (Å²) >= 11 is 0. The van der Waals surface area contributed by atoms with Crippen molar-refractivity contribution in [3.8, 4) is 0 Å². The molecule has 0 aromatic rings. The van der Waals surface area contributed by atoms with Crippen LogP contribution in [0.2, 0.25) is 0 Å². The summed E-state index contributed by atoms with van der Waals surface area (Å²) in [5, 5.41) is -4.81. The van der Waals surface area contributed by atoms with E-state index in [1.807, 2.05) is 14.1 Å². The summed E-state index contributed by atoms with van der Waals surface area (Å²) in [5.74, 6) is -38.7. The molecule has 32 heavy (non-hydrogen) atoms. The van der Waals surface area contributed by atoms with E-state index < -0.39 is 70.4 Å². The molecule has 196 valence electrons. The Bertz CT molecular complexity index is 718. The first-order valence-corrected chi connectivity index (χ1v) is 8.95. The van der Waals surface area contributed by atoms with Gasteiger partial charge in [0.1, 0.15) is 0 Å². The predicted octanol–water partition coefficient (Wildman–Crippen LogP) is 5.21. The maximum atomic E-state index is 13.3. The van der Waals surface area contributed by atoms with Crippen LogP contribution in [0.25, 0.3) is 0 Å². The average molecular weight is 537 g/mol. The van der Waals surface area contributed by atoms with Crippen LogP contribution < -0.4 is 5.32 Å². The van der Waals surface area contributed by atoms with E-state index in [2.05, 4.69) is 5.32 Å². The van der Waals surface area contributed by atoms with Gasteiger partial charge < -0.3 is 5.32 Å². The van der Waals surface area contributed by atoms with Crippen LogP contribution in [-0.2, 0) is 10.1 Å². The SMILES string of the molecule is CNC.O=S(=O)(O)C(F)(F)C(F)(F)C(F)(F)C(F)(F)C(F)(F)C(F)(F)CCCC(F)(F)F. The van der Waals surface area contributed by atoms with Gasteiger partial charge in [-0.2, -0.15) is 74.3 Å². The highest BCUT2D eigenvalue weighted by Gasteiger charge is 2.91. The molecule has 4 nitrogen and oxygen atoms in total. The normalized spacial score (nSPS) is 15.3. The van der Waals surface area contributed by atoms with Crippen LogP contribution >= 0.6 is 0 Å². The van der Waals surface area contributed by atoms with Gasteiger partial charge in [0.2, 0.25) is 0 Å². The number of halogens is 15. The van der Waals surface area contributed by atoms with Crippen LogP contribution in [0, 0.1) is 0 Å². The van der Waals surface area contributed by atoms with E-state index in [9.17, 15) is 74.3 Å². The van der Waals surface area contributed by atoms with Crippen LogP contribution in [0.15, 0.2) is 0 Å². The molecule has 0 saturated carbocycles. The lowest BCUT2D eigenvalue weighted by Crippen LogP contribution is -2.71. The molecular weight excluding hydrogens is 523 g/mol. The highest BCUT2D eigenvalue weighted by Crippen LogP contribution is 2.61. The van der Waals surface area contributed by atoms with Crippen molar-refractivity contribution in [2.24, 2.45) is 0 Å². The molecular formula is C12H14F15NO3S. The molecule has 2 N–H and O–H groups in total. The van der Waals surface area contributed by atoms with Gasteiger partial charge in [0.25, 0.3) is 0 Å². The van der Waals surface area contributed by atoms with Gasteiger partial charge in [-0.1, -0.05) is 0 Å². The first-order chi connectivity index (χ1) is 13.6. The largest absolute Gasteiger partial charge is 0.438 e. The molecule has 0 heterocycles. The molecule has 0 aliphatic heterocycles. The van der Waals surface area contributed by atoms with Crippen molar-refractivity contribution in [1.29, 1.82) is 0 Å². The van der Waals surface area contributed by atoms with E-state index in [0.29, 0.717) is 0 Å². The molecule has 0 spiro atoms. The predicted molar refractivity (Wildman–Crippen MR) is 76.1 cm³/mol. The van der Waals surface area contributed by atoms with E-state index in [4.69, 9.17) is 4.55 Å². The highest BCUT2D eigenvalue weighted by atomic mass is 32.2. The molecule has 20 heteroatoms. The van der Waals surface area contributed by atoms with Crippen LogP contribution in [0.1, 0.15) is 19.3 Å². The standard InChI is InChI=1S/C10H7F15O3S.C2H7N/c11-4(12,2-1-3-5(13,14)15)6(16,17)7(18,19)8(20,21)9(22,23)10(24,25)29(26,27)28;1-3-2/h1-3H2,(H,26,27,28);3H,1-2H3. The lowest BCUT2D eigenvalue weighted by molar-refractivity contribution is -0.417. The molecule has 0 fully saturated rings. The Balaban J connectivity index is 0. The molecule has 0 amide bonds. The van der Waals surface area contributed by atoms with Crippen LogP contribution in [-0.4, -0.2) is 68.1 Å². The molecule has 0 aliphatic rings. The molecule has 0 radical (unpaired) electrons. The third-order valence-corrected chi connectivity index (χ3v) is 4.19. The zero-order valence-electron chi connectivity index (χ0n) is 15.5. The van der Waals surface area contributed by atoms with Gasteiger partial charge in [0.05, 0.1) is 0 Å². The van der Waals surface area contributed by atoms with Crippen molar-refractivity contribution >= 4 is 10.1 Å². The fraction of sp³-hybridized carbons (Fsp3) is 1.00. The molecule has 0 aromatic carbocycles. The monoisotopic (exact) mass is 537 g/mol. The molecule has 0 unspecified atom stereocenters. The number of nitrogens with one attached hydrogen (secondary N) is 1. The second-order valence-corrected chi connectivity index (χ2v) is 7.43. The minimum atomic E-state index is -8.25. The Morgan fingerprint density at radius 2 is 0.938 bits per heavy atom. The number of hydrogen-bond donors (Lipinski definition) is 2. The lowest BCUT2D eigenvalue weighted by atomic mass is 9.92. The second kappa shape index (κ2) is 9.59. The third kappa shape index (κ3) is 6.03. The van der Waals surface area contributed by atoms with Crippen molar-refractivity contribution < 1.29 is 78.8 Å². The second-order valence-electron chi connectivity index (χ2n) is 5.96. The van der Waals surface area contributed by atoms with Gasteiger partial charge in [-0.3, -0.25) is 4.55 Å². The van der Waals surface area contributed by atoms with Crippen LogP contribution in [0.3, 0.4) is 0 Å². The van der Waals surface area contributed by atoms with Gasteiger partial charge in [-0.25, -0.2) is 0 Å². The summed E-state index contributed by atoms with van der Waals surface area (Å²) in [6, 6.07) is 0. The fourth-order valence-corrected chi connectivity index (χ4v) is 2.09. The van der Waals surface area contributed by atoms with Gasteiger partial charge in [-0.15, -0.1) is 0 Å². The van der Waals surface area contributed by atoms with Gasteiger partial charge in [0.15, 0.2) is 0 Å². The first kappa shape index (κ1) is 33.0. The topological polar surface area (TPSA) is 66.4 Å². The molecule has 0 bridgehead atoms. The Morgan fingerprint density at radius 1 is 0.625 bits per heavy atom. The third-order valence-electron chi connectivity index (χ3n) is 3.28. The van der Waals surface area contributed by atoms with Crippen molar-refractivity contribution in [2.75, 3.05) is 14.1 Å². The van der Waals surface area contributed by atoms with Gasteiger partial charge in [0, 0.05) is 12.8 Å². The fourth-order valence-electron chi connectivity index (χ4n) is 1.64. The highest BCUT2D eigenvalue weighted by molar-refractivity contribution is 7.87. The summed E-state index contributed by atoms with van der Waals surface area (Å²) in [6.45, 7) is 0. The summed E-state index contributed by atoms with van der Waals surface area (Å²) in [4.78, 5) is 0. The number of rotatable bonds is 9. The maximum Gasteiger partial charge on any atom is 0.438 e. The van der Waals surface area contributed by atoms with Gasteiger partial charge in [-0.05, 0) is 20.5 Å². The zero-order valence-corrected chi connectivity index (χ0v) is 16.3. The number of hydrogen-bond acceptors (Lipinski definition) is 3. The van der Waals surface area contributed by atoms with Crippen molar-refractivity contribution in [1.82, 2.24) is 5.32 Å². The quantitative estimate of drug-likeness (QED) is 0.313. The van der Waals surface area contributed by atoms with Crippen LogP contribution in [0.4, 0.5) is 65.9 Å². The summed E-state index contributed by atoms with van der Waals surface area (Å²) in [6.07, 6.45) is -12.6. The Morgan fingerprint density at radius 3 is 1.22 bits per heavy atom. The van der Waals surface area contributed by atoms with Crippen molar-refractivity contribution in [2.45, 2.75) is 60.3 Å². The summed E-state index contributed by atoms with van der Waals surface area (Å²) < 4.78 is 221. The maximum absolute atomic E-state index is 13.3. The molecule has 0 aliphatic carbocycles. The first-order valence-electron chi connectivity index (χ1n) is 7.51. The zero-order chi connectivity index (χ0) is 26.8. The molecule has 0 atom stereocenters. The van der Waals surface area contributed by atoms with E-state index in [1.54, 1.807) is 0 Å². The van der Waals surface area contributed by atoms with E-state index >= 15 is 0 Å². The van der Waals surface area contributed by atoms with E-state index in [1.165, 1.54) is 0 Å². The Hall–Kier alpha value is -1.18. The van der Waals surface area contributed by atoms with Gasteiger partial charge >= 0.3 is 51.2 Å². The van der Waals surface area contributed by atoms with Crippen LogP contribution in [0.5, 0.6) is 0 Å². The molecule has 0 rings (SSSR count). The Kier molecular flexibility index (Phi) is 9.89. The van der Waals surface area contributed by atoms with Crippen molar-refractivity contribution in [3.63, 3.8) is 0 Å².